The lowest BCUT2D eigenvalue weighted by Crippen LogP contribution is -2.30. The fraction of sp³-hybridized carbons (Fsp3) is 0.636. The summed E-state index contributed by atoms with van der Waals surface area (Å²) in [6.07, 6.45) is 5.79. The monoisotopic (exact) mass is 193 g/mol. The van der Waals surface area contributed by atoms with Gasteiger partial charge in [0, 0.05) is 24.9 Å². The number of likely N-dealkylation sites (N-methyl/N-ethyl adjacent to an activating group) is 1. The molecule has 1 aromatic rings. The molecule has 0 saturated heterocycles. The Morgan fingerprint density at radius 1 is 1.29 bits per heavy atom. The van der Waals surface area contributed by atoms with E-state index in [4.69, 9.17) is 0 Å². The van der Waals surface area contributed by atoms with Gasteiger partial charge >= 0.3 is 0 Å². The van der Waals surface area contributed by atoms with Gasteiger partial charge < -0.3 is 5.32 Å². The summed E-state index contributed by atoms with van der Waals surface area (Å²) in [5, 5.41) is 3.42. The first-order chi connectivity index (χ1) is 6.76. The van der Waals surface area contributed by atoms with E-state index in [0.717, 1.165) is 30.8 Å². The molecule has 1 atom stereocenters. The molecule has 78 valence electrons. The second-order valence-corrected chi connectivity index (χ2v) is 3.54. The van der Waals surface area contributed by atoms with E-state index in [9.17, 15) is 0 Å². The lowest BCUT2D eigenvalue weighted by atomic mass is 10.1. The number of aromatic nitrogens is 2. The van der Waals surface area contributed by atoms with Gasteiger partial charge in [-0.25, -0.2) is 9.97 Å². The van der Waals surface area contributed by atoms with E-state index in [0.29, 0.717) is 6.04 Å². The average Bonchev–Trinajstić information content (AvgIpc) is 2.20. The Morgan fingerprint density at radius 3 is 2.43 bits per heavy atom. The minimum atomic E-state index is 0.503. The summed E-state index contributed by atoms with van der Waals surface area (Å²) in [5.74, 6) is 0.934. The maximum atomic E-state index is 4.30. The van der Waals surface area contributed by atoms with Gasteiger partial charge in [-0.15, -0.1) is 0 Å². The number of nitrogens with one attached hydrogen (secondary N) is 1. The van der Waals surface area contributed by atoms with Crippen LogP contribution < -0.4 is 5.32 Å². The molecule has 1 rings (SSSR count). The third-order valence-electron chi connectivity index (χ3n) is 2.25. The second-order valence-electron chi connectivity index (χ2n) is 3.54. The highest BCUT2D eigenvalue weighted by Crippen LogP contribution is 2.01. The van der Waals surface area contributed by atoms with Crippen LogP contribution in [0.2, 0.25) is 0 Å². The largest absolute Gasteiger partial charge is 0.314 e. The first-order valence-corrected chi connectivity index (χ1v) is 5.27. The van der Waals surface area contributed by atoms with Crippen LogP contribution in [-0.2, 0) is 6.42 Å². The van der Waals surface area contributed by atoms with Gasteiger partial charge in [-0.1, -0.05) is 13.8 Å². The quantitative estimate of drug-likeness (QED) is 0.773. The molecule has 1 heterocycles. The first-order valence-electron chi connectivity index (χ1n) is 5.27. The van der Waals surface area contributed by atoms with Gasteiger partial charge in [0.25, 0.3) is 0 Å². The van der Waals surface area contributed by atoms with Gasteiger partial charge in [-0.05, 0) is 25.5 Å². The van der Waals surface area contributed by atoms with Crippen molar-refractivity contribution < 1.29 is 0 Å². The van der Waals surface area contributed by atoms with Crippen molar-refractivity contribution in [3.05, 3.63) is 23.8 Å². The minimum Gasteiger partial charge on any atom is -0.314 e. The van der Waals surface area contributed by atoms with Gasteiger partial charge in [-0.2, -0.15) is 0 Å². The maximum Gasteiger partial charge on any atom is 0.129 e. The highest BCUT2D eigenvalue weighted by Gasteiger charge is 2.06. The Hall–Kier alpha value is -0.960. The van der Waals surface area contributed by atoms with Crippen molar-refractivity contribution in [1.29, 1.82) is 0 Å². The van der Waals surface area contributed by atoms with Crippen molar-refractivity contribution in [3.63, 3.8) is 0 Å². The van der Waals surface area contributed by atoms with Crippen molar-refractivity contribution in [3.8, 4) is 0 Å². The molecule has 0 bridgehead atoms. The van der Waals surface area contributed by atoms with Crippen molar-refractivity contribution in [1.82, 2.24) is 15.3 Å². The average molecular weight is 193 g/mol. The summed E-state index contributed by atoms with van der Waals surface area (Å²) in [4.78, 5) is 8.59. The zero-order chi connectivity index (χ0) is 10.4. The van der Waals surface area contributed by atoms with E-state index in [-0.39, 0.29) is 0 Å². The molecular formula is C11H19N3. The zero-order valence-electron chi connectivity index (χ0n) is 9.25. The van der Waals surface area contributed by atoms with Crippen LogP contribution in [0.25, 0.3) is 0 Å². The van der Waals surface area contributed by atoms with E-state index in [2.05, 4.69) is 29.1 Å². The Labute approximate surface area is 86.0 Å². The second kappa shape index (κ2) is 5.70. The highest BCUT2D eigenvalue weighted by molar-refractivity contribution is 5.02. The van der Waals surface area contributed by atoms with Crippen LogP contribution in [0.3, 0.4) is 0 Å². The molecule has 1 unspecified atom stereocenters. The summed E-state index contributed by atoms with van der Waals surface area (Å²) in [5.41, 5.74) is 1.12. The number of hydrogen-bond acceptors (Lipinski definition) is 3. The molecule has 3 heteroatoms. The van der Waals surface area contributed by atoms with E-state index in [1.165, 1.54) is 0 Å². The zero-order valence-corrected chi connectivity index (χ0v) is 9.25. The lowest BCUT2D eigenvalue weighted by molar-refractivity contribution is 0.499. The minimum absolute atomic E-state index is 0.503. The summed E-state index contributed by atoms with van der Waals surface area (Å²) in [7, 11) is 0. The molecule has 0 spiro atoms. The topological polar surface area (TPSA) is 37.8 Å². The normalized spacial score (nSPS) is 12.8. The predicted molar refractivity (Wildman–Crippen MR) is 58.2 cm³/mol. The summed E-state index contributed by atoms with van der Waals surface area (Å²) in [6.45, 7) is 7.32. The van der Waals surface area contributed by atoms with Crippen LogP contribution in [0.1, 0.15) is 31.7 Å². The molecule has 0 radical (unpaired) electrons. The molecule has 1 aromatic heterocycles. The molecule has 1 N–H and O–H groups in total. The molecule has 0 aromatic carbocycles. The van der Waals surface area contributed by atoms with E-state index in [1.807, 2.05) is 19.3 Å². The third-order valence-corrected chi connectivity index (χ3v) is 2.25. The third kappa shape index (κ3) is 3.42. The van der Waals surface area contributed by atoms with Crippen molar-refractivity contribution in [2.45, 2.75) is 39.7 Å². The molecule has 0 aliphatic carbocycles. The van der Waals surface area contributed by atoms with Gasteiger partial charge in [0.1, 0.15) is 5.82 Å². The van der Waals surface area contributed by atoms with Gasteiger partial charge in [0.15, 0.2) is 0 Å². The predicted octanol–water partition coefficient (Wildman–Crippen LogP) is 1.72. The lowest BCUT2D eigenvalue weighted by Gasteiger charge is -2.14. The highest BCUT2D eigenvalue weighted by atomic mass is 14.9. The molecule has 0 saturated carbocycles. The van der Waals surface area contributed by atoms with Crippen LogP contribution >= 0.6 is 0 Å². The van der Waals surface area contributed by atoms with Crippen LogP contribution in [0.4, 0.5) is 0 Å². The molecular weight excluding hydrogens is 174 g/mol. The van der Waals surface area contributed by atoms with Crippen molar-refractivity contribution in [2.75, 3.05) is 6.54 Å². The van der Waals surface area contributed by atoms with Crippen LogP contribution in [0, 0.1) is 6.92 Å². The van der Waals surface area contributed by atoms with E-state index < -0.39 is 0 Å². The Kier molecular flexibility index (Phi) is 4.53. The van der Waals surface area contributed by atoms with Crippen molar-refractivity contribution >= 4 is 0 Å². The molecule has 0 aliphatic heterocycles. The van der Waals surface area contributed by atoms with Crippen LogP contribution in [0.15, 0.2) is 12.4 Å². The smallest absolute Gasteiger partial charge is 0.129 e. The molecule has 3 nitrogen and oxygen atoms in total. The molecule has 0 fully saturated rings. The molecule has 14 heavy (non-hydrogen) atoms. The molecule has 0 amide bonds. The Morgan fingerprint density at radius 2 is 1.93 bits per heavy atom. The molecule has 0 aliphatic rings. The van der Waals surface area contributed by atoms with Gasteiger partial charge in [0.05, 0.1) is 0 Å². The number of hydrogen-bond donors (Lipinski definition) is 1. The fourth-order valence-corrected chi connectivity index (χ4v) is 1.39. The van der Waals surface area contributed by atoms with Crippen LogP contribution in [0.5, 0.6) is 0 Å². The summed E-state index contributed by atoms with van der Waals surface area (Å²) < 4.78 is 0. The fourth-order valence-electron chi connectivity index (χ4n) is 1.39. The standard InChI is InChI=1S/C11H19N3/c1-4-10(12-5-2)6-11-13-7-9(3)8-14-11/h7-8,10,12H,4-6H2,1-3H3. The number of nitrogens with zero attached hydrogens (tertiary/aromatic N) is 2. The number of aryl methyl sites for hydroxylation is 1. The van der Waals surface area contributed by atoms with Crippen molar-refractivity contribution in [2.24, 2.45) is 0 Å². The Bertz CT molecular complexity index is 256. The summed E-state index contributed by atoms with van der Waals surface area (Å²) in [6, 6.07) is 0.503. The SMILES string of the molecule is CCNC(CC)Cc1ncc(C)cn1. The number of rotatable bonds is 5. The first kappa shape index (κ1) is 11.1. The van der Waals surface area contributed by atoms with Gasteiger partial charge in [0.2, 0.25) is 0 Å². The Balaban J connectivity index is 2.53. The summed E-state index contributed by atoms with van der Waals surface area (Å²) >= 11 is 0. The van der Waals surface area contributed by atoms with E-state index >= 15 is 0 Å². The van der Waals surface area contributed by atoms with Crippen LogP contribution in [-0.4, -0.2) is 22.6 Å². The van der Waals surface area contributed by atoms with Gasteiger partial charge in [-0.3, -0.25) is 0 Å². The maximum absolute atomic E-state index is 4.30. The van der Waals surface area contributed by atoms with E-state index in [1.54, 1.807) is 0 Å².